The SMILES string of the molecule is CC[C@H](C)NC(=O)[C@H](C)N(Cc1cccc(C)c1)C(=O)CN(c1ccc(C)c(C)c1)S(=O)(=O)c1ccc(Cl)cc1. The molecule has 0 heterocycles. The molecular formula is C31H38ClN3O4S. The van der Waals surface area contributed by atoms with Crippen LogP contribution in [0.4, 0.5) is 5.69 Å². The van der Waals surface area contributed by atoms with Crippen molar-refractivity contribution < 1.29 is 18.0 Å². The summed E-state index contributed by atoms with van der Waals surface area (Å²) >= 11 is 6.01. The van der Waals surface area contributed by atoms with Gasteiger partial charge in [-0.05, 0) is 94.1 Å². The number of halogens is 1. The molecule has 9 heteroatoms. The molecule has 0 spiro atoms. The Kier molecular flexibility index (Phi) is 10.4. The van der Waals surface area contributed by atoms with Gasteiger partial charge in [0.2, 0.25) is 11.8 Å². The quantitative estimate of drug-likeness (QED) is 0.309. The van der Waals surface area contributed by atoms with Crippen molar-refractivity contribution in [1.29, 1.82) is 0 Å². The topological polar surface area (TPSA) is 86.8 Å². The lowest BCUT2D eigenvalue weighted by Crippen LogP contribution is -2.52. The van der Waals surface area contributed by atoms with E-state index in [1.807, 2.05) is 65.0 Å². The third-order valence-electron chi connectivity index (χ3n) is 7.06. The van der Waals surface area contributed by atoms with Crippen molar-refractivity contribution in [3.63, 3.8) is 0 Å². The summed E-state index contributed by atoms with van der Waals surface area (Å²) in [6.07, 6.45) is 0.740. The molecule has 2 atom stereocenters. The first kappa shape index (κ1) is 31.2. The predicted molar refractivity (Wildman–Crippen MR) is 161 cm³/mol. The van der Waals surface area contributed by atoms with Gasteiger partial charge in [0.05, 0.1) is 10.6 Å². The van der Waals surface area contributed by atoms with E-state index in [2.05, 4.69) is 5.32 Å². The number of hydrogen-bond donors (Lipinski definition) is 1. The van der Waals surface area contributed by atoms with Gasteiger partial charge in [-0.15, -0.1) is 0 Å². The second kappa shape index (κ2) is 13.3. The zero-order chi connectivity index (χ0) is 29.6. The Labute approximate surface area is 243 Å². The highest BCUT2D eigenvalue weighted by molar-refractivity contribution is 7.92. The summed E-state index contributed by atoms with van der Waals surface area (Å²) in [5, 5.41) is 3.35. The maximum atomic E-state index is 14.0. The number of sulfonamides is 1. The number of aryl methyl sites for hydroxylation is 3. The van der Waals surface area contributed by atoms with Gasteiger partial charge in [-0.2, -0.15) is 0 Å². The lowest BCUT2D eigenvalue weighted by Gasteiger charge is -2.32. The highest BCUT2D eigenvalue weighted by Crippen LogP contribution is 2.27. The minimum absolute atomic E-state index is 0.00993. The van der Waals surface area contributed by atoms with Crippen molar-refractivity contribution in [3.05, 3.63) is 94.0 Å². The molecule has 3 aromatic rings. The van der Waals surface area contributed by atoms with Gasteiger partial charge in [0, 0.05) is 17.6 Å². The summed E-state index contributed by atoms with van der Waals surface area (Å²) in [5.74, 6) is -0.794. The molecule has 0 fully saturated rings. The van der Waals surface area contributed by atoms with Crippen molar-refractivity contribution >= 4 is 39.1 Å². The molecule has 2 amide bonds. The maximum absolute atomic E-state index is 14.0. The first-order valence-electron chi connectivity index (χ1n) is 13.3. The van der Waals surface area contributed by atoms with Gasteiger partial charge in [-0.3, -0.25) is 13.9 Å². The number of nitrogens with one attached hydrogen (secondary N) is 1. The van der Waals surface area contributed by atoms with Gasteiger partial charge < -0.3 is 10.2 Å². The second-order valence-corrected chi connectivity index (χ2v) is 12.5. The summed E-state index contributed by atoms with van der Waals surface area (Å²) in [6.45, 7) is 11.0. The van der Waals surface area contributed by atoms with Crippen molar-refractivity contribution in [2.45, 2.75) is 71.5 Å². The highest BCUT2D eigenvalue weighted by Gasteiger charge is 2.33. The van der Waals surface area contributed by atoms with E-state index in [1.165, 1.54) is 29.2 Å². The van der Waals surface area contributed by atoms with E-state index in [-0.39, 0.29) is 23.4 Å². The van der Waals surface area contributed by atoms with E-state index < -0.39 is 28.5 Å². The van der Waals surface area contributed by atoms with Crippen molar-refractivity contribution in [1.82, 2.24) is 10.2 Å². The molecule has 0 aliphatic heterocycles. The number of anilines is 1. The van der Waals surface area contributed by atoms with Crippen LogP contribution in [0.3, 0.4) is 0 Å². The van der Waals surface area contributed by atoms with Gasteiger partial charge in [0.25, 0.3) is 10.0 Å². The number of amides is 2. The summed E-state index contributed by atoms with van der Waals surface area (Å²) < 4.78 is 28.9. The number of carbonyl (C=O) groups excluding carboxylic acids is 2. The summed E-state index contributed by atoms with van der Waals surface area (Å²) in [5.41, 5.74) is 4.10. The highest BCUT2D eigenvalue weighted by atomic mass is 35.5. The first-order valence-corrected chi connectivity index (χ1v) is 15.2. The molecule has 7 nitrogen and oxygen atoms in total. The molecule has 40 heavy (non-hydrogen) atoms. The van der Waals surface area contributed by atoms with Crippen molar-refractivity contribution in [2.24, 2.45) is 0 Å². The molecule has 0 aliphatic rings. The molecule has 0 aromatic heterocycles. The van der Waals surface area contributed by atoms with E-state index in [9.17, 15) is 18.0 Å². The van der Waals surface area contributed by atoms with E-state index in [0.717, 1.165) is 33.0 Å². The predicted octanol–water partition coefficient (Wildman–Crippen LogP) is 5.79. The molecule has 3 rings (SSSR count). The Bertz CT molecular complexity index is 1460. The van der Waals surface area contributed by atoms with Crippen LogP contribution >= 0.6 is 11.6 Å². The van der Waals surface area contributed by atoms with Crippen LogP contribution in [0.2, 0.25) is 5.02 Å². The lowest BCUT2D eigenvalue weighted by atomic mass is 10.1. The number of carbonyl (C=O) groups is 2. The van der Waals surface area contributed by atoms with Crippen LogP contribution in [0.1, 0.15) is 49.4 Å². The first-order chi connectivity index (χ1) is 18.8. The summed E-state index contributed by atoms with van der Waals surface area (Å²) in [6, 6.07) is 17.9. The normalized spacial score (nSPS) is 12.9. The van der Waals surface area contributed by atoms with Crippen LogP contribution in [0.5, 0.6) is 0 Å². The molecule has 1 N–H and O–H groups in total. The fraction of sp³-hybridized carbons (Fsp3) is 0.355. The van der Waals surface area contributed by atoms with Crippen LogP contribution < -0.4 is 9.62 Å². The molecule has 0 saturated carbocycles. The van der Waals surface area contributed by atoms with Crippen LogP contribution in [0.15, 0.2) is 71.6 Å². The van der Waals surface area contributed by atoms with E-state index in [4.69, 9.17) is 11.6 Å². The number of rotatable bonds is 11. The van der Waals surface area contributed by atoms with Gasteiger partial charge in [0.1, 0.15) is 12.6 Å². The summed E-state index contributed by atoms with van der Waals surface area (Å²) in [7, 11) is -4.15. The average molecular weight is 584 g/mol. The third-order valence-corrected chi connectivity index (χ3v) is 9.10. The molecule has 0 radical (unpaired) electrons. The number of benzene rings is 3. The number of nitrogens with zero attached hydrogens (tertiary/aromatic N) is 2. The zero-order valence-electron chi connectivity index (χ0n) is 23.9. The molecule has 0 saturated heterocycles. The Morgan fingerprint density at radius 3 is 2.20 bits per heavy atom. The maximum Gasteiger partial charge on any atom is 0.264 e. The molecule has 0 unspecified atom stereocenters. The zero-order valence-corrected chi connectivity index (χ0v) is 25.5. The van der Waals surface area contributed by atoms with E-state index in [0.29, 0.717) is 10.7 Å². The van der Waals surface area contributed by atoms with Gasteiger partial charge in [-0.25, -0.2) is 8.42 Å². The standard InChI is InChI=1S/C31H38ClN3O4S/c1-7-24(5)33-31(37)25(6)34(19-26-10-8-9-21(2)17-26)30(36)20-35(28-14-11-22(3)23(4)18-28)40(38,39)29-15-12-27(32)13-16-29/h8-18,24-25H,7,19-20H2,1-6H3,(H,33,37)/t24-,25-/m0/s1. The Balaban J connectivity index is 2.05. The molecule has 3 aromatic carbocycles. The third kappa shape index (κ3) is 7.64. The smallest absolute Gasteiger partial charge is 0.264 e. The number of hydrogen-bond acceptors (Lipinski definition) is 4. The van der Waals surface area contributed by atoms with Gasteiger partial charge in [-0.1, -0.05) is 54.4 Å². The fourth-order valence-corrected chi connectivity index (χ4v) is 5.73. The minimum Gasteiger partial charge on any atom is -0.352 e. The second-order valence-electron chi connectivity index (χ2n) is 10.2. The molecule has 0 bridgehead atoms. The largest absolute Gasteiger partial charge is 0.352 e. The van der Waals surface area contributed by atoms with Crippen molar-refractivity contribution in [2.75, 3.05) is 10.8 Å². The van der Waals surface area contributed by atoms with E-state index in [1.54, 1.807) is 19.1 Å². The van der Waals surface area contributed by atoms with Crippen LogP contribution in [0, 0.1) is 20.8 Å². The van der Waals surface area contributed by atoms with Gasteiger partial charge in [0.15, 0.2) is 0 Å². The Hall–Kier alpha value is -3.36. The van der Waals surface area contributed by atoms with Crippen molar-refractivity contribution in [3.8, 4) is 0 Å². The molecule has 0 aliphatic carbocycles. The monoisotopic (exact) mass is 583 g/mol. The minimum atomic E-state index is -4.15. The molecule has 214 valence electrons. The lowest BCUT2D eigenvalue weighted by molar-refractivity contribution is -0.139. The Morgan fingerprint density at radius 1 is 0.925 bits per heavy atom. The fourth-order valence-electron chi connectivity index (χ4n) is 4.20. The average Bonchev–Trinajstić information content (AvgIpc) is 2.91. The van der Waals surface area contributed by atoms with Crippen LogP contribution in [0.25, 0.3) is 0 Å². The summed E-state index contributed by atoms with van der Waals surface area (Å²) in [4.78, 5) is 28.6. The molecular weight excluding hydrogens is 546 g/mol. The van der Waals surface area contributed by atoms with Crippen LogP contribution in [-0.2, 0) is 26.2 Å². The van der Waals surface area contributed by atoms with Gasteiger partial charge >= 0.3 is 0 Å². The Morgan fingerprint density at radius 2 is 1.60 bits per heavy atom. The van der Waals surface area contributed by atoms with Crippen LogP contribution in [-0.4, -0.2) is 43.8 Å². The van der Waals surface area contributed by atoms with E-state index >= 15 is 0 Å².